The molecule has 1 aromatic carbocycles. The summed E-state index contributed by atoms with van der Waals surface area (Å²) in [6.07, 6.45) is 8.99. The van der Waals surface area contributed by atoms with Gasteiger partial charge in [-0.05, 0) is 72.3 Å². The normalized spacial score (nSPS) is 30.1. The van der Waals surface area contributed by atoms with Gasteiger partial charge in [-0.2, -0.15) is 0 Å². The number of benzene rings is 1. The molecule has 3 unspecified atom stereocenters. The minimum absolute atomic E-state index is 0.177. The lowest BCUT2D eigenvalue weighted by atomic mass is 9.77. The smallest absolute Gasteiger partial charge is 0.125 e. The summed E-state index contributed by atoms with van der Waals surface area (Å²) in [4.78, 5) is 0. The minimum atomic E-state index is -0.177. The molecule has 0 amide bonds. The Kier molecular flexibility index (Phi) is 5.17. The molecular formula is C17H24BrFN2. The van der Waals surface area contributed by atoms with Crippen molar-refractivity contribution < 1.29 is 4.39 Å². The summed E-state index contributed by atoms with van der Waals surface area (Å²) in [6.45, 7) is 1.15. The van der Waals surface area contributed by atoms with E-state index in [4.69, 9.17) is 0 Å². The molecule has 4 heteroatoms. The summed E-state index contributed by atoms with van der Waals surface area (Å²) in [7, 11) is 0. The van der Waals surface area contributed by atoms with Crippen LogP contribution in [-0.2, 0) is 0 Å². The largest absolute Gasteiger partial charge is 0.381 e. The van der Waals surface area contributed by atoms with Gasteiger partial charge in [-0.1, -0.05) is 19.3 Å². The SMILES string of the molecule is Fc1ccc(Br)c(NC2CCCCC2C2CCCCN2)c1. The lowest BCUT2D eigenvalue weighted by Crippen LogP contribution is -2.48. The van der Waals surface area contributed by atoms with Crippen molar-refractivity contribution >= 4 is 21.6 Å². The first-order valence-corrected chi connectivity index (χ1v) is 8.98. The van der Waals surface area contributed by atoms with E-state index in [1.807, 2.05) is 0 Å². The predicted molar refractivity (Wildman–Crippen MR) is 89.1 cm³/mol. The molecule has 1 aliphatic carbocycles. The van der Waals surface area contributed by atoms with E-state index >= 15 is 0 Å². The number of hydrogen-bond donors (Lipinski definition) is 2. The monoisotopic (exact) mass is 354 g/mol. The van der Waals surface area contributed by atoms with Crippen molar-refractivity contribution in [2.24, 2.45) is 5.92 Å². The Labute approximate surface area is 135 Å². The van der Waals surface area contributed by atoms with E-state index < -0.39 is 0 Å². The fraction of sp³-hybridized carbons (Fsp3) is 0.647. The summed E-state index contributed by atoms with van der Waals surface area (Å²) in [6, 6.07) is 5.96. The maximum absolute atomic E-state index is 13.5. The van der Waals surface area contributed by atoms with Crippen molar-refractivity contribution in [2.45, 2.75) is 57.0 Å². The Balaban J connectivity index is 1.73. The fourth-order valence-electron chi connectivity index (χ4n) is 3.87. The van der Waals surface area contributed by atoms with Crippen LogP contribution in [0.15, 0.2) is 22.7 Å². The Morgan fingerprint density at radius 1 is 1.10 bits per heavy atom. The van der Waals surface area contributed by atoms with Crippen LogP contribution >= 0.6 is 15.9 Å². The molecule has 3 atom stereocenters. The van der Waals surface area contributed by atoms with Crippen LogP contribution in [0.5, 0.6) is 0 Å². The molecule has 1 aromatic rings. The highest BCUT2D eigenvalue weighted by Crippen LogP contribution is 2.34. The Hall–Kier alpha value is -0.610. The van der Waals surface area contributed by atoms with Crippen molar-refractivity contribution in [2.75, 3.05) is 11.9 Å². The molecular weight excluding hydrogens is 331 g/mol. The topological polar surface area (TPSA) is 24.1 Å². The highest BCUT2D eigenvalue weighted by Gasteiger charge is 2.32. The van der Waals surface area contributed by atoms with Crippen LogP contribution in [-0.4, -0.2) is 18.6 Å². The summed E-state index contributed by atoms with van der Waals surface area (Å²) in [5, 5.41) is 7.32. The molecule has 0 aromatic heterocycles. The number of rotatable bonds is 3. The minimum Gasteiger partial charge on any atom is -0.381 e. The highest BCUT2D eigenvalue weighted by atomic mass is 79.9. The van der Waals surface area contributed by atoms with Crippen LogP contribution in [0.25, 0.3) is 0 Å². The van der Waals surface area contributed by atoms with Crippen LogP contribution < -0.4 is 10.6 Å². The van der Waals surface area contributed by atoms with Gasteiger partial charge >= 0.3 is 0 Å². The average Bonchev–Trinajstić information content (AvgIpc) is 2.52. The van der Waals surface area contributed by atoms with Gasteiger partial charge in [0.15, 0.2) is 0 Å². The van der Waals surface area contributed by atoms with Gasteiger partial charge in [-0.3, -0.25) is 0 Å². The maximum atomic E-state index is 13.5. The molecule has 1 aliphatic heterocycles. The first kappa shape index (κ1) is 15.3. The van der Waals surface area contributed by atoms with E-state index in [2.05, 4.69) is 26.6 Å². The number of anilines is 1. The van der Waals surface area contributed by atoms with Crippen LogP contribution in [0, 0.1) is 11.7 Å². The Morgan fingerprint density at radius 2 is 1.90 bits per heavy atom. The third-order valence-corrected chi connectivity index (χ3v) is 5.65. The van der Waals surface area contributed by atoms with E-state index in [0.29, 0.717) is 18.0 Å². The zero-order valence-corrected chi connectivity index (χ0v) is 14.0. The second-order valence-electron chi connectivity index (χ2n) is 6.38. The van der Waals surface area contributed by atoms with Crippen molar-refractivity contribution in [3.8, 4) is 0 Å². The van der Waals surface area contributed by atoms with Crippen molar-refractivity contribution in [3.05, 3.63) is 28.5 Å². The molecule has 116 valence electrons. The molecule has 1 saturated heterocycles. The number of hydrogen-bond acceptors (Lipinski definition) is 2. The third kappa shape index (κ3) is 3.78. The lowest BCUT2D eigenvalue weighted by molar-refractivity contribution is 0.217. The molecule has 0 spiro atoms. The first-order chi connectivity index (χ1) is 10.2. The first-order valence-electron chi connectivity index (χ1n) is 8.19. The fourth-order valence-corrected chi connectivity index (χ4v) is 4.23. The molecule has 2 fully saturated rings. The van der Waals surface area contributed by atoms with Gasteiger partial charge in [0.25, 0.3) is 0 Å². The van der Waals surface area contributed by atoms with Gasteiger partial charge in [-0.15, -0.1) is 0 Å². The molecule has 1 saturated carbocycles. The van der Waals surface area contributed by atoms with Gasteiger partial charge in [0.2, 0.25) is 0 Å². The summed E-state index contributed by atoms with van der Waals surface area (Å²) in [5.74, 6) is 0.484. The Morgan fingerprint density at radius 3 is 2.71 bits per heavy atom. The molecule has 1 heterocycles. The van der Waals surface area contributed by atoms with E-state index in [0.717, 1.165) is 16.7 Å². The maximum Gasteiger partial charge on any atom is 0.125 e. The van der Waals surface area contributed by atoms with Crippen LogP contribution in [0.2, 0.25) is 0 Å². The summed E-state index contributed by atoms with van der Waals surface area (Å²) >= 11 is 3.53. The second-order valence-corrected chi connectivity index (χ2v) is 7.23. The lowest BCUT2D eigenvalue weighted by Gasteiger charge is -2.40. The molecule has 2 aliphatic rings. The number of halogens is 2. The van der Waals surface area contributed by atoms with Crippen LogP contribution in [0.3, 0.4) is 0 Å². The molecule has 21 heavy (non-hydrogen) atoms. The number of piperidine rings is 1. The molecule has 2 nitrogen and oxygen atoms in total. The van der Waals surface area contributed by atoms with Gasteiger partial charge < -0.3 is 10.6 Å². The van der Waals surface area contributed by atoms with Gasteiger partial charge in [0.1, 0.15) is 5.82 Å². The Bertz CT molecular complexity index is 474. The van der Waals surface area contributed by atoms with Crippen LogP contribution in [0.4, 0.5) is 10.1 Å². The zero-order valence-electron chi connectivity index (χ0n) is 12.4. The van der Waals surface area contributed by atoms with Gasteiger partial charge in [0, 0.05) is 16.6 Å². The second kappa shape index (κ2) is 7.10. The van der Waals surface area contributed by atoms with E-state index in [-0.39, 0.29) is 5.82 Å². The zero-order chi connectivity index (χ0) is 14.7. The van der Waals surface area contributed by atoms with Crippen molar-refractivity contribution in [3.63, 3.8) is 0 Å². The van der Waals surface area contributed by atoms with E-state index in [1.165, 1.54) is 51.0 Å². The van der Waals surface area contributed by atoms with Gasteiger partial charge in [0.05, 0.1) is 5.69 Å². The summed E-state index contributed by atoms with van der Waals surface area (Å²) < 4.78 is 14.4. The van der Waals surface area contributed by atoms with Crippen molar-refractivity contribution in [1.82, 2.24) is 5.32 Å². The predicted octanol–water partition coefficient (Wildman–Crippen LogP) is 4.70. The quantitative estimate of drug-likeness (QED) is 0.821. The molecule has 0 radical (unpaired) electrons. The van der Waals surface area contributed by atoms with Gasteiger partial charge in [-0.25, -0.2) is 4.39 Å². The van der Waals surface area contributed by atoms with Crippen LogP contribution in [0.1, 0.15) is 44.9 Å². The van der Waals surface area contributed by atoms with E-state index in [9.17, 15) is 4.39 Å². The van der Waals surface area contributed by atoms with Crippen molar-refractivity contribution in [1.29, 1.82) is 0 Å². The molecule has 2 N–H and O–H groups in total. The number of nitrogens with one attached hydrogen (secondary N) is 2. The summed E-state index contributed by atoms with van der Waals surface area (Å²) in [5.41, 5.74) is 0.891. The highest BCUT2D eigenvalue weighted by molar-refractivity contribution is 9.10. The standard InChI is InChI=1S/C17H24BrFN2/c18-14-9-8-12(19)11-17(14)21-16-7-2-1-5-13(16)15-6-3-4-10-20-15/h8-9,11,13,15-16,20-21H,1-7,10H2. The molecule has 0 bridgehead atoms. The van der Waals surface area contributed by atoms with E-state index in [1.54, 1.807) is 12.1 Å². The third-order valence-electron chi connectivity index (χ3n) is 4.95. The molecule has 3 rings (SSSR count). The average molecular weight is 355 g/mol.